The number of rotatable bonds is 5. The lowest BCUT2D eigenvalue weighted by Crippen LogP contribution is -2.39. The van der Waals surface area contributed by atoms with E-state index < -0.39 is 0 Å². The number of nitrogens with two attached hydrogens (primary N) is 1. The van der Waals surface area contributed by atoms with Crippen LogP contribution in [0.4, 0.5) is 0 Å². The molecule has 15 heavy (non-hydrogen) atoms. The summed E-state index contributed by atoms with van der Waals surface area (Å²) in [6, 6.07) is 3.78. The highest BCUT2D eigenvalue weighted by Crippen LogP contribution is 2.16. The minimum absolute atomic E-state index is 0.0658. The molecule has 1 amide bonds. The number of hydrogen-bond donors (Lipinski definition) is 2. The molecule has 3 N–H and O–H groups in total. The van der Waals surface area contributed by atoms with Crippen molar-refractivity contribution in [1.29, 1.82) is 0 Å². The van der Waals surface area contributed by atoms with Crippen molar-refractivity contribution in [2.24, 2.45) is 5.73 Å². The van der Waals surface area contributed by atoms with Crippen molar-refractivity contribution < 1.29 is 4.79 Å². The highest BCUT2D eigenvalue weighted by atomic mass is 32.1. The Kier molecular flexibility index (Phi) is 4.78. The molecular formula is C11H18N2OS. The molecule has 4 heteroatoms. The molecule has 1 rings (SSSR count). The normalized spacial score (nSPS) is 12.5. The molecule has 1 aromatic rings. The van der Waals surface area contributed by atoms with Gasteiger partial charge >= 0.3 is 0 Å². The van der Waals surface area contributed by atoms with Crippen molar-refractivity contribution in [3.05, 3.63) is 21.9 Å². The fourth-order valence-electron chi connectivity index (χ4n) is 1.20. The summed E-state index contributed by atoms with van der Waals surface area (Å²) < 4.78 is 0. The molecule has 1 heterocycles. The van der Waals surface area contributed by atoms with Crippen molar-refractivity contribution in [1.82, 2.24) is 5.32 Å². The standard InChI is InChI=1S/C11H18N2OS/c1-3-8-5-6-9(15-8)7-13-11(14)10(12)4-2/h5-6,10H,3-4,7,12H2,1-2H3,(H,13,14)/t10-/m0/s1. The van der Waals surface area contributed by atoms with E-state index in [1.165, 1.54) is 9.75 Å². The van der Waals surface area contributed by atoms with Crippen LogP contribution in [0.1, 0.15) is 30.0 Å². The number of amides is 1. The average molecular weight is 226 g/mol. The van der Waals surface area contributed by atoms with E-state index >= 15 is 0 Å². The van der Waals surface area contributed by atoms with Crippen molar-refractivity contribution in [3.8, 4) is 0 Å². The molecule has 0 unspecified atom stereocenters. The predicted molar refractivity (Wildman–Crippen MR) is 63.8 cm³/mol. The number of carbonyl (C=O) groups excluding carboxylic acids is 1. The van der Waals surface area contributed by atoms with Gasteiger partial charge in [0, 0.05) is 9.75 Å². The lowest BCUT2D eigenvalue weighted by molar-refractivity contribution is -0.122. The molecular weight excluding hydrogens is 208 g/mol. The summed E-state index contributed by atoms with van der Waals surface area (Å²) in [5, 5.41) is 2.83. The lowest BCUT2D eigenvalue weighted by atomic mass is 10.2. The molecule has 0 fully saturated rings. The second kappa shape index (κ2) is 5.88. The first-order valence-corrected chi connectivity index (χ1v) is 6.09. The summed E-state index contributed by atoms with van der Waals surface area (Å²) in [6.45, 7) is 4.63. The monoisotopic (exact) mass is 226 g/mol. The summed E-state index contributed by atoms with van der Waals surface area (Å²) in [4.78, 5) is 13.9. The van der Waals surface area contributed by atoms with Crippen molar-refractivity contribution in [3.63, 3.8) is 0 Å². The van der Waals surface area contributed by atoms with Crippen molar-refractivity contribution in [2.75, 3.05) is 0 Å². The van der Waals surface area contributed by atoms with Crippen LogP contribution in [-0.2, 0) is 17.8 Å². The third kappa shape index (κ3) is 3.64. The molecule has 0 saturated carbocycles. The molecule has 0 aliphatic heterocycles. The molecule has 0 aliphatic carbocycles. The minimum Gasteiger partial charge on any atom is -0.350 e. The van der Waals surface area contributed by atoms with Gasteiger partial charge in [-0.1, -0.05) is 13.8 Å². The third-order valence-corrected chi connectivity index (χ3v) is 3.51. The van der Waals surface area contributed by atoms with Crippen molar-refractivity contribution >= 4 is 17.2 Å². The van der Waals surface area contributed by atoms with Gasteiger partial charge < -0.3 is 11.1 Å². The van der Waals surface area contributed by atoms with Crippen LogP contribution in [0.15, 0.2) is 12.1 Å². The zero-order valence-electron chi connectivity index (χ0n) is 9.25. The van der Waals surface area contributed by atoms with Crippen LogP contribution < -0.4 is 11.1 Å². The second-order valence-electron chi connectivity index (χ2n) is 3.45. The summed E-state index contributed by atoms with van der Waals surface area (Å²) in [6.07, 6.45) is 1.73. The van der Waals surface area contributed by atoms with E-state index in [0.717, 1.165) is 6.42 Å². The SMILES string of the molecule is CCc1ccc(CNC(=O)[C@@H](N)CC)s1. The number of thiophene rings is 1. The molecule has 0 bridgehead atoms. The maximum Gasteiger partial charge on any atom is 0.237 e. The van der Waals surface area contributed by atoms with Crippen LogP contribution in [0.25, 0.3) is 0 Å². The molecule has 0 aliphatic rings. The Labute approximate surface area is 94.7 Å². The summed E-state index contributed by atoms with van der Waals surface area (Å²) in [5.74, 6) is -0.0658. The molecule has 3 nitrogen and oxygen atoms in total. The fraction of sp³-hybridized carbons (Fsp3) is 0.545. The number of carbonyl (C=O) groups is 1. The van der Waals surface area contributed by atoms with Crippen LogP contribution in [0, 0.1) is 0 Å². The van der Waals surface area contributed by atoms with Gasteiger partial charge in [0.15, 0.2) is 0 Å². The molecule has 1 aromatic heterocycles. The third-order valence-electron chi connectivity index (χ3n) is 2.28. The Morgan fingerprint density at radius 3 is 2.67 bits per heavy atom. The van der Waals surface area contributed by atoms with Gasteiger partial charge in [-0.05, 0) is 25.0 Å². The summed E-state index contributed by atoms with van der Waals surface area (Å²) in [5.41, 5.74) is 5.60. The maximum atomic E-state index is 11.4. The molecule has 1 atom stereocenters. The van der Waals surface area contributed by atoms with Gasteiger partial charge in [-0.2, -0.15) is 0 Å². The zero-order chi connectivity index (χ0) is 11.3. The minimum atomic E-state index is -0.379. The van der Waals surface area contributed by atoms with Crippen molar-refractivity contribution in [2.45, 2.75) is 39.3 Å². The van der Waals surface area contributed by atoms with Gasteiger partial charge in [0.05, 0.1) is 12.6 Å². The van der Waals surface area contributed by atoms with E-state index in [1.807, 2.05) is 6.92 Å². The summed E-state index contributed by atoms with van der Waals surface area (Å²) in [7, 11) is 0. The van der Waals surface area contributed by atoms with Gasteiger partial charge in [-0.3, -0.25) is 4.79 Å². The highest BCUT2D eigenvalue weighted by Gasteiger charge is 2.10. The van der Waals surface area contributed by atoms with Crippen LogP contribution >= 0.6 is 11.3 Å². The predicted octanol–water partition coefficient (Wildman–Crippen LogP) is 1.66. The maximum absolute atomic E-state index is 11.4. The second-order valence-corrected chi connectivity index (χ2v) is 4.71. The Morgan fingerprint density at radius 2 is 2.13 bits per heavy atom. The number of nitrogens with one attached hydrogen (secondary N) is 1. The molecule has 0 saturated heterocycles. The Morgan fingerprint density at radius 1 is 1.47 bits per heavy atom. The van der Waals surface area contributed by atoms with Crippen LogP contribution in [-0.4, -0.2) is 11.9 Å². The first-order valence-electron chi connectivity index (χ1n) is 5.28. The van der Waals surface area contributed by atoms with E-state index in [9.17, 15) is 4.79 Å². The van der Waals surface area contributed by atoms with Gasteiger partial charge in [0.25, 0.3) is 0 Å². The largest absolute Gasteiger partial charge is 0.350 e. The number of hydrogen-bond acceptors (Lipinski definition) is 3. The fourth-order valence-corrected chi connectivity index (χ4v) is 2.10. The lowest BCUT2D eigenvalue weighted by Gasteiger charge is -2.08. The van der Waals surface area contributed by atoms with Crippen LogP contribution in [0.3, 0.4) is 0 Å². The first-order chi connectivity index (χ1) is 7.17. The number of aryl methyl sites for hydroxylation is 1. The van der Waals surface area contributed by atoms with E-state index in [1.54, 1.807) is 11.3 Å². The van der Waals surface area contributed by atoms with Gasteiger partial charge in [-0.15, -0.1) is 11.3 Å². The van der Waals surface area contributed by atoms with Crippen LogP contribution in [0.5, 0.6) is 0 Å². The Bertz CT molecular complexity index is 322. The van der Waals surface area contributed by atoms with E-state index in [-0.39, 0.29) is 11.9 Å². The Hall–Kier alpha value is -0.870. The quantitative estimate of drug-likeness (QED) is 0.802. The molecule has 84 valence electrons. The topological polar surface area (TPSA) is 55.1 Å². The van der Waals surface area contributed by atoms with Gasteiger partial charge in [-0.25, -0.2) is 0 Å². The smallest absolute Gasteiger partial charge is 0.237 e. The average Bonchev–Trinajstić information content (AvgIpc) is 2.72. The molecule has 0 aromatic carbocycles. The van der Waals surface area contributed by atoms with Gasteiger partial charge in [0.2, 0.25) is 5.91 Å². The van der Waals surface area contributed by atoms with Crippen LogP contribution in [0.2, 0.25) is 0 Å². The molecule has 0 radical (unpaired) electrons. The summed E-state index contributed by atoms with van der Waals surface area (Å²) >= 11 is 1.74. The highest BCUT2D eigenvalue weighted by molar-refractivity contribution is 7.11. The van der Waals surface area contributed by atoms with Gasteiger partial charge in [0.1, 0.15) is 0 Å². The van der Waals surface area contributed by atoms with E-state index in [0.29, 0.717) is 13.0 Å². The Balaban J connectivity index is 2.40. The first kappa shape index (κ1) is 12.2. The van der Waals surface area contributed by atoms with E-state index in [2.05, 4.69) is 24.4 Å². The van der Waals surface area contributed by atoms with E-state index in [4.69, 9.17) is 5.73 Å². The molecule has 0 spiro atoms. The zero-order valence-corrected chi connectivity index (χ0v) is 10.1.